The predicted octanol–water partition coefficient (Wildman–Crippen LogP) is 2.45. The molecule has 6 nitrogen and oxygen atoms in total. The second kappa shape index (κ2) is 11.7. The minimum absolute atomic E-state index is 0.144. The zero-order valence-electron chi connectivity index (χ0n) is 18.0. The lowest BCUT2D eigenvalue weighted by Gasteiger charge is -2.34. The molecule has 0 spiro atoms. The van der Waals surface area contributed by atoms with Crippen molar-refractivity contribution in [2.75, 3.05) is 40.3 Å². The Hall–Kier alpha value is -2.08. The Balaban J connectivity index is 1.90. The van der Waals surface area contributed by atoms with Gasteiger partial charge >= 0.3 is 0 Å². The van der Waals surface area contributed by atoms with E-state index in [1.807, 2.05) is 7.05 Å². The summed E-state index contributed by atoms with van der Waals surface area (Å²) in [5.74, 6) is 1.57. The van der Waals surface area contributed by atoms with Crippen molar-refractivity contribution in [3.05, 3.63) is 35.4 Å². The number of carbonyl (C=O) groups excluding carboxylic acids is 1. The molecule has 156 valence electrons. The minimum Gasteiger partial charge on any atom is -0.359 e. The molecule has 1 amide bonds. The molecule has 0 saturated carbocycles. The van der Waals surface area contributed by atoms with E-state index in [0.29, 0.717) is 12.3 Å². The van der Waals surface area contributed by atoms with Crippen LogP contribution in [0.15, 0.2) is 29.3 Å². The van der Waals surface area contributed by atoms with E-state index in [9.17, 15) is 4.79 Å². The normalized spacial score (nSPS) is 15.8. The number of amides is 1. The van der Waals surface area contributed by atoms with Gasteiger partial charge in [-0.15, -0.1) is 0 Å². The number of nitrogens with one attached hydrogen (secondary N) is 2. The van der Waals surface area contributed by atoms with Gasteiger partial charge in [-0.05, 0) is 43.0 Å². The number of benzene rings is 1. The monoisotopic (exact) mass is 387 g/mol. The van der Waals surface area contributed by atoms with E-state index in [2.05, 4.69) is 63.5 Å². The molecule has 0 aliphatic carbocycles. The van der Waals surface area contributed by atoms with E-state index < -0.39 is 0 Å². The summed E-state index contributed by atoms with van der Waals surface area (Å²) in [4.78, 5) is 20.8. The third kappa shape index (κ3) is 6.51. The Labute approximate surface area is 170 Å². The van der Waals surface area contributed by atoms with Crippen molar-refractivity contribution < 1.29 is 4.79 Å². The molecule has 1 saturated heterocycles. The number of aliphatic imine (C=N–C) groups is 1. The number of guanidine groups is 1. The van der Waals surface area contributed by atoms with Crippen molar-refractivity contribution in [2.45, 2.75) is 46.2 Å². The number of rotatable bonds is 8. The van der Waals surface area contributed by atoms with Gasteiger partial charge in [0.2, 0.25) is 5.91 Å². The smallest absolute Gasteiger partial charge is 0.220 e. The maximum atomic E-state index is 11.6. The SMILES string of the molecule is CCN(CC)Cc1ccccc1CNC(=NC)N1CCC(CC(=O)NC)CC1. The summed E-state index contributed by atoms with van der Waals surface area (Å²) < 4.78 is 0. The van der Waals surface area contributed by atoms with Gasteiger partial charge < -0.3 is 15.5 Å². The number of likely N-dealkylation sites (tertiary alicyclic amines) is 1. The van der Waals surface area contributed by atoms with E-state index in [1.54, 1.807) is 7.05 Å². The van der Waals surface area contributed by atoms with Gasteiger partial charge in [0.15, 0.2) is 5.96 Å². The number of hydrogen-bond donors (Lipinski definition) is 2. The highest BCUT2D eigenvalue weighted by Gasteiger charge is 2.23. The molecule has 1 heterocycles. The highest BCUT2D eigenvalue weighted by Crippen LogP contribution is 2.20. The molecule has 0 radical (unpaired) electrons. The maximum Gasteiger partial charge on any atom is 0.220 e. The van der Waals surface area contributed by atoms with Crippen molar-refractivity contribution in [1.82, 2.24) is 20.4 Å². The van der Waals surface area contributed by atoms with Crippen molar-refractivity contribution in [3.8, 4) is 0 Å². The Morgan fingerprint density at radius 1 is 1.18 bits per heavy atom. The number of carbonyl (C=O) groups is 1. The fourth-order valence-corrected chi connectivity index (χ4v) is 3.79. The van der Waals surface area contributed by atoms with Crippen LogP contribution in [-0.2, 0) is 17.9 Å². The third-order valence-corrected chi connectivity index (χ3v) is 5.72. The van der Waals surface area contributed by atoms with Gasteiger partial charge in [-0.25, -0.2) is 0 Å². The van der Waals surface area contributed by atoms with Gasteiger partial charge in [0, 0.05) is 46.7 Å². The number of piperidine rings is 1. The lowest BCUT2D eigenvalue weighted by Crippen LogP contribution is -2.45. The van der Waals surface area contributed by atoms with Crippen molar-refractivity contribution >= 4 is 11.9 Å². The Kier molecular flexibility index (Phi) is 9.28. The molecule has 2 N–H and O–H groups in total. The zero-order valence-corrected chi connectivity index (χ0v) is 18.0. The standard InChI is InChI=1S/C22H37N5O/c1-5-26(6-2)17-20-10-8-7-9-19(20)16-25-22(24-4)27-13-11-18(12-14-27)15-21(28)23-3/h7-10,18H,5-6,11-17H2,1-4H3,(H,23,28)(H,24,25). The van der Waals surface area contributed by atoms with Crippen LogP contribution in [0.25, 0.3) is 0 Å². The Morgan fingerprint density at radius 3 is 2.39 bits per heavy atom. The summed E-state index contributed by atoms with van der Waals surface area (Å²) in [6.45, 7) is 10.2. The molecule has 0 unspecified atom stereocenters. The Bertz CT molecular complexity index is 634. The van der Waals surface area contributed by atoms with Crippen LogP contribution in [0.1, 0.15) is 44.2 Å². The molecule has 1 fully saturated rings. The molecule has 1 aromatic rings. The zero-order chi connectivity index (χ0) is 20.4. The van der Waals surface area contributed by atoms with Gasteiger partial charge in [0.1, 0.15) is 0 Å². The fourth-order valence-electron chi connectivity index (χ4n) is 3.79. The average Bonchev–Trinajstić information content (AvgIpc) is 2.74. The third-order valence-electron chi connectivity index (χ3n) is 5.72. The van der Waals surface area contributed by atoms with Crippen molar-refractivity contribution in [2.24, 2.45) is 10.9 Å². The lowest BCUT2D eigenvalue weighted by molar-refractivity contribution is -0.121. The minimum atomic E-state index is 0.144. The second-order valence-electron chi connectivity index (χ2n) is 7.44. The van der Waals surface area contributed by atoms with Crippen LogP contribution >= 0.6 is 0 Å². The topological polar surface area (TPSA) is 60.0 Å². The first-order valence-corrected chi connectivity index (χ1v) is 10.6. The van der Waals surface area contributed by atoms with Gasteiger partial charge in [-0.3, -0.25) is 14.7 Å². The summed E-state index contributed by atoms with van der Waals surface area (Å²) in [5, 5.41) is 6.28. The Morgan fingerprint density at radius 2 is 1.82 bits per heavy atom. The number of nitrogens with zero attached hydrogens (tertiary/aromatic N) is 3. The van der Waals surface area contributed by atoms with E-state index in [-0.39, 0.29) is 5.91 Å². The molecule has 1 aliphatic rings. The lowest BCUT2D eigenvalue weighted by atomic mass is 9.93. The molecular weight excluding hydrogens is 350 g/mol. The molecule has 0 atom stereocenters. The first kappa shape index (κ1) is 22.2. The predicted molar refractivity (Wildman–Crippen MR) is 116 cm³/mol. The van der Waals surface area contributed by atoms with Crippen LogP contribution in [0, 0.1) is 5.92 Å². The van der Waals surface area contributed by atoms with Gasteiger partial charge in [0.25, 0.3) is 0 Å². The summed E-state index contributed by atoms with van der Waals surface area (Å²) in [6, 6.07) is 8.65. The highest BCUT2D eigenvalue weighted by atomic mass is 16.1. The number of hydrogen-bond acceptors (Lipinski definition) is 3. The van der Waals surface area contributed by atoms with Crippen LogP contribution in [0.2, 0.25) is 0 Å². The van der Waals surface area contributed by atoms with E-state index in [4.69, 9.17) is 0 Å². The highest BCUT2D eigenvalue weighted by molar-refractivity contribution is 5.80. The van der Waals surface area contributed by atoms with Crippen molar-refractivity contribution in [3.63, 3.8) is 0 Å². The first-order valence-electron chi connectivity index (χ1n) is 10.6. The summed E-state index contributed by atoms with van der Waals surface area (Å²) >= 11 is 0. The maximum absolute atomic E-state index is 11.6. The van der Waals surface area contributed by atoms with Crippen LogP contribution in [0.5, 0.6) is 0 Å². The van der Waals surface area contributed by atoms with Gasteiger partial charge in [-0.1, -0.05) is 38.1 Å². The summed E-state index contributed by atoms with van der Waals surface area (Å²) in [7, 11) is 3.56. The molecule has 0 aromatic heterocycles. The summed E-state index contributed by atoms with van der Waals surface area (Å²) in [5.41, 5.74) is 2.70. The van der Waals surface area contributed by atoms with Crippen LogP contribution in [-0.4, -0.2) is 61.9 Å². The van der Waals surface area contributed by atoms with Gasteiger partial charge in [0.05, 0.1) is 0 Å². The summed E-state index contributed by atoms with van der Waals surface area (Å²) in [6.07, 6.45) is 2.70. The van der Waals surface area contributed by atoms with Crippen molar-refractivity contribution in [1.29, 1.82) is 0 Å². The van der Waals surface area contributed by atoms with E-state index in [1.165, 1.54) is 11.1 Å². The van der Waals surface area contributed by atoms with Crippen LogP contribution in [0.3, 0.4) is 0 Å². The van der Waals surface area contributed by atoms with E-state index in [0.717, 1.165) is 58.1 Å². The fraction of sp³-hybridized carbons (Fsp3) is 0.636. The molecular formula is C22H37N5O. The second-order valence-corrected chi connectivity index (χ2v) is 7.44. The largest absolute Gasteiger partial charge is 0.359 e. The van der Waals surface area contributed by atoms with E-state index >= 15 is 0 Å². The quantitative estimate of drug-likeness (QED) is 0.531. The molecule has 1 aliphatic heterocycles. The first-order chi connectivity index (χ1) is 13.6. The molecule has 28 heavy (non-hydrogen) atoms. The molecule has 0 bridgehead atoms. The average molecular weight is 388 g/mol. The van der Waals surface area contributed by atoms with Crippen LogP contribution < -0.4 is 10.6 Å². The van der Waals surface area contributed by atoms with Crippen LogP contribution in [0.4, 0.5) is 0 Å². The van der Waals surface area contributed by atoms with Gasteiger partial charge in [-0.2, -0.15) is 0 Å². The molecule has 6 heteroatoms. The molecule has 2 rings (SSSR count). The molecule has 1 aromatic carbocycles.